The maximum absolute atomic E-state index is 2.29. The van der Waals surface area contributed by atoms with Gasteiger partial charge in [0.25, 0.3) is 0 Å². The van der Waals surface area contributed by atoms with Crippen molar-refractivity contribution >= 4 is 0 Å². The molecule has 0 radical (unpaired) electrons. The summed E-state index contributed by atoms with van der Waals surface area (Å²) in [5.74, 6) is 0. The van der Waals surface area contributed by atoms with Gasteiger partial charge >= 0.3 is 0 Å². The predicted molar refractivity (Wildman–Crippen MR) is 65.9 cm³/mol. The normalized spacial score (nSPS) is 13.5. The summed E-state index contributed by atoms with van der Waals surface area (Å²) in [7, 11) is 0. The standard InChI is InChI=1S/C15H16/c1-13-6-4-10-15(12-13)11-5-9-14-7-2-3-8-14/h2-4,6-10,12H,5,11H2,1H3. The monoisotopic (exact) mass is 196 g/mol. The lowest BCUT2D eigenvalue weighted by Gasteiger charge is -2.00. The topological polar surface area (TPSA) is 0 Å². The van der Waals surface area contributed by atoms with Crippen molar-refractivity contribution in [1.82, 2.24) is 0 Å². The molecule has 0 aliphatic heterocycles. The van der Waals surface area contributed by atoms with Crippen molar-refractivity contribution < 1.29 is 0 Å². The first-order chi connectivity index (χ1) is 7.34. The van der Waals surface area contributed by atoms with E-state index in [0.29, 0.717) is 0 Å². The number of hydrogen-bond donors (Lipinski definition) is 0. The summed E-state index contributed by atoms with van der Waals surface area (Å²) < 4.78 is 0. The van der Waals surface area contributed by atoms with Crippen molar-refractivity contribution in [3.05, 3.63) is 71.3 Å². The highest BCUT2D eigenvalue weighted by Gasteiger charge is 1.94. The van der Waals surface area contributed by atoms with Gasteiger partial charge in [0.1, 0.15) is 0 Å². The number of aryl methyl sites for hydroxylation is 2. The van der Waals surface area contributed by atoms with Crippen LogP contribution >= 0.6 is 0 Å². The molecule has 0 N–H and O–H groups in total. The molecule has 0 saturated carbocycles. The van der Waals surface area contributed by atoms with E-state index < -0.39 is 0 Å². The molecule has 1 aliphatic carbocycles. The van der Waals surface area contributed by atoms with E-state index >= 15 is 0 Å². The summed E-state index contributed by atoms with van der Waals surface area (Å²) >= 11 is 0. The third kappa shape index (κ3) is 2.95. The van der Waals surface area contributed by atoms with Crippen molar-refractivity contribution in [1.29, 1.82) is 0 Å². The lowest BCUT2D eigenvalue weighted by molar-refractivity contribution is 0.994. The average molecular weight is 196 g/mol. The van der Waals surface area contributed by atoms with Crippen LogP contribution in [0.15, 0.2) is 60.2 Å². The van der Waals surface area contributed by atoms with Crippen molar-refractivity contribution in [3.63, 3.8) is 0 Å². The van der Waals surface area contributed by atoms with E-state index in [1.54, 1.807) is 0 Å². The Morgan fingerprint density at radius 1 is 1.13 bits per heavy atom. The van der Waals surface area contributed by atoms with Gasteiger partial charge in [0.15, 0.2) is 0 Å². The molecular formula is C15H16. The summed E-state index contributed by atoms with van der Waals surface area (Å²) in [5, 5.41) is 0. The third-order valence-corrected chi connectivity index (χ3v) is 2.58. The molecule has 76 valence electrons. The zero-order chi connectivity index (χ0) is 10.5. The second-order valence-corrected chi connectivity index (χ2v) is 3.95. The maximum atomic E-state index is 2.29. The summed E-state index contributed by atoms with van der Waals surface area (Å²) in [6, 6.07) is 8.74. The van der Waals surface area contributed by atoms with Crippen molar-refractivity contribution in [2.24, 2.45) is 0 Å². The third-order valence-electron chi connectivity index (χ3n) is 2.58. The quantitative estimate of drug-likeness (QED) is 0.686. The van der Waals surface area contributed by atoms with Gasteiger partial charge in [-0.2, -0.15) is 0 Å². The van der Waals surface area contributed by atoms with Crippen molar-refractivity contribution in [3.8, 4) is 0 Å². The van der Waals surface area contributed by atoms with Gasteiger partial charge in [-0.3, -0.25) is 0 Å². The SMILES string of the molecule is Cc1cccc(CCC=C2C=CC=C2)c1. The second-order valence-electron chi connectivity index (χ2n) is 3.95. The summed E-state index contributed by atoms with van der Waals surface area (Å²) in [6.45, 7) is 2.14. The molecule has 0 heteroatoms. The molecule has 2 rings (SSSR count). The van der Waals surface area contributed by atoms with E-state index in [0.717, 1.165) is 12.8 Å². The minimum absolute atomic E-state index is 1.12. The van der Waals surface area contributed by atoms with Crippen molar-refractivity contribution in [2.45, 2.75) is 19.8 Å². The highest BCUT2D eigenvalue weighted by molar-refractivity contribution is 5.39. The van der Waals surface area contributed by atoms with Gasteiger partial charge in [0.05, 0.1) is 0 Å². The predicted octanol–water partition coefficient (Wildman–Crippen LogP) is 3.98. The van der Waals surface area contributed by atoms with Crippen LogP contribution in [0.5, 0.6) is 0 Å². The van der Waals surface area contributed by atoms with Crippen molar-refractivity contribution in [2.75, 3.05) is 0 Å². The fourth-order valence-electron chi connectivity index (χ4n) is 1.80. The average Bonchev–Trinajstić information content (AvgIpc) is 2.71. The minimum Gasteiger partial charge on any atom is -0.0769 e. The van der Waals surface area contributed by atoms with Gasteiger partial charge in [-0.05, 0) is 30.9 Å². The molecule has 0 fully saturated rings. The van der Waals surface area contributed by atoms with Crippen LogP contribution < -0.4 is 0 Å². The van der Waals surface area contributed by atoms with E-state index in [2.05, 4.69) is 61.6 Å². The van der Waals surface area contributed by atoms with Gasteiger partial charge < -0.3 is 0 Å². The van der Waals surface area contributed by atoms with Crippen LogP contribution in [0.4, 0.5) is 0 Å². The van der Waals surface area contributed by atoms with Gasteiger partial charge in [-0.1, -0.05) is 60.2 Å². The first-order valence-electron chi connectivity index (χ1n) is 5.45. The Morgan fingerprint density at radius 3 is 2.67 bits per heavy atom. The van der Waals surface area contributed by atoms with E-state index in [9.17, 15) is 0 Å². The molecule has 1 aliphatic rings. The molecule has 0 heterocycles. The molecule has 0 amide bonds. The molecule has 0 unspecified atom stereocenters. The first kappa shape index (κ1) is 9.97. The van der Waals surface area contributed by atoms with Gasteiger partial charge in [-0.25, -0.2) is 0 Å². The smallest absolute Gasteiger partial charge is 0.0244 e. The van der Waals surface area contributed by atoms with E-state index in [1.807, 2.05) is 0 Å². The Labute approximate surface area is 91.6 Å². The molecule has 0 saturated heterocycles. The van der Waals surface area contributed by atoms with Crippen LogP contribution in [-0.4, -0.2) is 0 Å². The first-order valence-corrected chi connectivity index (χ1v) is 5.45. The Balaban J connectivity index is 1.91. The molecule has 1 aromatic carbocycles. The zero-order valence-electron chi connectivity index (χ0n) is 9.11. The van der Waals surface area contributed by atoms with Gasteiger partial charge in [0.2, 0.25) is 0 Å². The molecular weight excluding hydrogens is 180 g/mol. The number of allylic oxidation sites excluding steroid dienone is 6. The van der Waals surface area contributed by atoms with E-state index in [1.165, 1.54) is 16.7 Å². The molecule has 0 spiro atoms. The van der Waals surface area contributed by atoms with Crippen LogP contribution in [0.25, 0.3) is 0 Å². The second kappa shape index (κ2) is 4.79. The van der Waals surface area contributed by atoms with E-state index in [-0.39, 0.29) is 0 Å². The molecule has 0 atom stereocenters. The van der Waals surface area contributed by atoms with Crippen LogP contribution in [0.3, 0.4) is 0 Å². The molecule has 0 aromatic heterocycles. The fourth-order valence-corrected chi connectivity index (χ4v) is 1.80. The lowest BCUT2D eigenvalue weighted by atomic mass is 10.1. The molecule has 1 aromatic rings. The molecule has 0 nitrogen and oxygen atoms in total. The zero-order valence-corrected chi connectivity index (χ0v) is 9.11. The molecule has 0 bridgehead atoms. The lowest BCUT2D eigenvalue weighted by Crippen LogP contribution is -1.84. The van der Waals surface area contributed by atoms with Crippen LogP contribution in [0, 0.1) is 6.92 Å². The van der Waals surface area contributed by atoms with Gasteiger partial charge in [0, 0.05) is 0 Å². The summed E-state index contributed by atoms with van der Waals surface area (Å²) in [6.07, 6.45) is 13.0. The van der Waals surface area contributed by atoms with Crippen LogP contribution in [0.2, 0.25) is 0 Å². The number of rotatable bonds is 3. The Hall–Kier alpha value is -1.56. The maximum Gasteiger partial charge on any atom is -0.0244 e. The Bertz CT molecular complexity index is 405. The minimum atomic E-state index is 1.12. The summed E-state index contributed by atoms with van der Waals surface area (Å²) in [4.78, 5) is 0. The van der Waals surface area contributed by atoms with Crippen LogP contribution in [-0.2, 0) is 6.42 Å². The van der Waals surface area contributed by atoms with Crippen LogP contribution in [0.1, 0.15) is 17.5 Å². The van der Waals surface area contributed by atoms with E-state index in [4.69, 9.17) is 0 Å². The fraction of sp³-hybridized carbons (Fsp3) is 0.200. The Kier molecular flexibility index (Phi) is 3.18. The Morgan fingerprint density at radius 2 is 1.93 bits per heavy atom. The largest absolute Gasteiger partial charge is 0.0769 e. The summed E-state index contributed by atoms with van der Waals surface area (Å²) in [5.41, 5.74) is 4.11. The highest BCUT2D eigenvalue weighted by Crippen LogP contribution is 2.11. The number of hydrogen-bond acceptors (Lipinski definition) is 0. The number of benzene rings is 1. The van der Waals surface area contributed by atoms with Gasteiger partial charge in [-0.15, -0.1) is 0 Å². The highest BCUT2D eigenvalue weighted by atomic mass is 14.0. The molecule has 15 heavy (non-hydrogen) atoms.